The van der Waals surface area contributed by atoms with Gasteiger partial charge in [-0.3, -0.25) is 0 Å². The summed E-state index contributed by atoms with van der Waals surface area (Å²) < 4.78 is 0. The van der Waals surface area contributed by atoms with E-state index in [0.717, 1.165) is 62.2 Å². The summed E-state index contributed by atoms with van der Waals surface area (Å²) in [7, 11) is 0. The molecule has 1 fully saturated rings. The molecule has 4 heterocycles. The molecule has 3 aromatic heterocycles. The van der Waals surface area contributed by atoms with E-state index < -0.39 is 12.0 Å². The number of carboxylic acids is 1. The molecule has 180 valence electrons. The molecule has 0 aromatic carbocycles. The van der Waals surface area contributed by atoms with Crippen LogP contribution in [0.25, 0.3) is 11.0 Å². The van der Waals surface area contributed by atoms with Crippen molar-refractivity contribution in [2.45, 2.75) is 63.5 Å². The topological polar surface area (TPSA) is 119 Å². The van der Waals surface area contributed by atoms with Crippen LogP contribution in [0.5, 0.6) is 0 Å². The molecule has 5 rings (SSSR count). The Balaban J connectivity index is 1.11. The molecule has 0 amide bonds. The van der Waals surface area contributed by atoms with Gasteiger partial charge in [0.1, 0.15) is 29.7 Å². The minimum absolute atomic E-state index is 0.528. The zero-order chi connectivity index (χ0) is 23.3. The van der Waals surface area contributed by atoms with Gasteiger partial charge in [0.25, 0.3) is 0 Å². The number of hydrogen-bond donors (Lipinski definition) is 4. The number of aromatic amines is 1. The average Bonchev–Trinajstić information content (AvgIpc) is 3.58. The van der Waals surface area contributed by atoms with Gasteiger partial charge in [0.05, 0.1) is 5.39 Å². The summed E-state index contributed by atoms with van der Waals surface area (Å²) in [5, 5.41) is 17.1. The summed E-state index contributed by atoms with van der Waals surface area (Å²) in [4.78, 5) is 30.7. The maximum atomic E-state index is 12.0. The molecule has 4 N–H and O–H groups in total. The van der Waals surface area contributed by atoms with Crippen LogP contribution in [0, 0.1) is 0 Å². The van der Waals surface area contributed by atoms with Crippen molar-refractivity contribution in [3.63, 3.8) is 0 Å². The van der Waals surface area contributed by atoms with Gasteiger partial charge >= 0.3 is 5.97 Å². The number of aromatic nitrogens is 4. The second kappa shape index (κ2) is 10.4. The summed E-state index contributed by atoms with van der Waals surface area (Å²) in [5.41, 5.74) is 3.18. The first kappa shape index (κ1) is 22.6. The number of fused-ring (bicyclic) bond motifs is 2. The predicted molar refractivity (Wildman–Crippen MR) is 132 cm³/mol. The maximum Gasteiger partial charge on any atom is 0.326 e. The van der Waals surface area contributed by atoms with Crippen molar-refractivity contribution in [1.29, 1.82) is 0 Å². The summed E-state index contributed by atoms with van der Waals surface area (Å²) in [6.07, 6.45) is 11.6. The van der Waals surface area contributed by atoms with Crippen LogP contribution in [0.2, 0.25) is 0 Å². The second-order valence-electron chi connectivity index (χ2n) is 9.35. The molecule has 0 saturated heterocycles. The standard InChI is InChI=1S/C25H33N7O2/c33-25(34)21(31-24-20-10-13-27-23(20)28-16-29-24)11-15-32(19-8-9-19)14-2-1-5-18-7-6-17-4-3-12-26-22(17)30-18/h6-7,10,13,16,19,21H,1-5,8-9,11-12,14-15H2,(H,26,30)(H,33,34)(H2,27,28,29,31). The van der Waals surface area contributed by atoms with Gasteiger partial charge < -0.3 is 25.6 Å². The Bertz CT molecular complexity index is 1130. The summed E-state index contributed by atoms with van der Waals surface area (Å²) in [6, 6.07) is 6.15. The molecule has 9 nitrogen and oxygen atoms in total. The van der Waals surface area contributed by atoms with Crippen LogP contribution in [-0.4, -0.2) is 67.6 Å². The van der Waals surface area contributed by atoms with Gasteiger partial charge in [0, 0.05) is 31.0 Å². The number of nitrogens with one attached hydrogen (secondary N) is 3. The Hall–Kier alpha value is -3.20. The first-order valence-corrected chi connectivity index (χ1v) is 12.4. The quantitative estimate of drug-likeness (QED) is 0.302. The third-order valence-electron chi connectivity index (χ3n) is 6.81. The van der Waals surface area contributed by atoms with Gasteiger partial charge in [0.15, 0.2) is 0 Å². The maximum absolute atomic E-state index is 12.0. The fourth-order valence-electron chi connectivity index (χ4n) is 4.75. The van der Waals surface area contributed by atoms with Crippen LogP contribution >= 0.6 is 0 Å². The van der Waals surface area contributed by atoms with Gasteiger partial charge in [-0.15, -0.1) is 0 Å². The molecule has 0 bridgehead atoms. The monoisotopic (exact) mass is 463 g/mol. The highest BCUT2D eigenvalue weighted by atomic mass is 16.4. The van der Waals surface area contributed by atoms with E-state index in [9.17, 15) is 9.90 Å². The van der Waals surface area contributed by atoms with Crippen molar-refractivity contribution >= 4 is 28.6 Å². The smallest absolute Gasteiger partial charge is 0.326 e. The lowest BCUT2D eigenvalue weighted by Gasteiger charge is -2.24. The molecule has 34 heavy (non-hydrogen) atoms. The zero-order valence-corrected chi connectivity index (χ0v) is 19.5. The highest BCUT2D eigenvalue weighted by Crippen LogP contribution is 2.28. The molecule has 2 aliphatic rings. The van der Waals surface area contributed by atoms with Crippen LogP contribution in [0.4, 0.5) is 11.6 Å². The lowest BCUT2D eigenvalue weighted by molar-refractivity contribution is -0.138. The highest BCUT2D eigenvalue weighted by Gasteiger charge is 2.30. The van der Waals surface area contributed by atoms with Gasteiger partial charge in [0.2, 0.25) is 0 Å². The van der Waals surface area contributed by atoms with E-state index in [1.807, 2.05) is 6.07 Å². The van der Waals surface area contributed by atoms with Crippen molar-refractivity contribution in [3.8, 4) is 0 Å². The van der Waals surface area contributed by atoms with E-state index in [-0.39, 0.29) is 0 Å². The average molecular weight is 464 g/mol. The molecule has 1 aliphatic carbocycles. The Kier molecular flexibility index (Phi) is 6.89. The van der Waals surface area contributed by atoms with E-state index in [0.29, 0.717) is 23.9 Å². The number of unbranched alkanes of at least 4 members (excludes halogenated alkanes) is 1. The van der Waals surface area contributed by atoms with Gasteiger partial charge in [-0.25, -0.2) is 19.7 Å². The molecule has 1 atom stereocenters. The minimum atomic E-state index is -0.856. The third kappa shape index (κ3) is 5.47. The summed E-state index contributed by atoms with van der Waals surface area (Å²) >= 11 is 0. The van der Waals surface area contributed by atoms with Crippen LogP contribution in [0.15, 0.2) is 30.7 Å². The van der Waals surface area contributed by atoms with Crippen molar-refractivity contribution in [2.24, 2.45) is 0 Å². The largest absolute Gasteiger partial charge is 0.480 e. The number of pyridine rings is 1. The van der Waals surface area contributed by atoms with Crippen molar-refractivity contribution < 1.29 is 9.90 Å². The van der Waals surface area contributed by atoms with Gasteiger partial charge in [-0.1, -0.05) is 6.07 Å². The number of rotatable bonds is 12. The predicted octanol–water partition coefficient (Wildman–Crippen LogP) is 3.45. The van der Waals surface area contributed by atoms with Crippen LogP contribution in [0.3, 0.4) is 0 Å². The fraction of sp³-hybridized carbons (Fsp3) is 0.520. The molecule has 3 aromatic rings. The molecule has 0 spiro atoms. The SMILES string of the molecule is O=C(O)C(CCN(CCCCc1ccc2c(n1)NCCC2)C1CC1)Nc1ncnc2[nH]ccc12. The number of hydrogen-bond acceptors (Lipinski definition) is 7. The number of anilines is 2. The van der Waals surface area contributed by atoms with Crippen LogP contribution < -0.4 is 10.6 Å². The first-order valence-electron chi connectivity index (χ1n) is 12.4. The Morgan fingerprint density at radius 1 is 1.21 bits per heavy atom. The van der Waals surface area contributed by atoms with E-state index >= 15 is 0 Å². The highest BCUT2D eigenvalue weighted by molar-refractivity contribution is 5.89. The summed E-state index contributed by atoms with van der Waals surface area (Å²) in [6.45, 7) is 2.77. The molecular weight excluding hydrogens is 430 g/mol. The number of aliphatic carboxylic acids is 1. The second-order valence-corrected chi connectivity index (χ2v) is 9.35. The first-order chi connectivity index (χ1) is 16.7. The number of carboxylic acid groups (broad SMARTS) is 1. The molecule has 9 heteroatoms. The molecule has 1 unspecified atom stereocenters. The van der Waals surface area contributed by atoms with E-state index in [1.54, 1.807) is 6.20 Å². The lowest BCUT2D eigenvalue weighted by atomic mass is 10.1. The number of H-pyrrole nitrogens is 1. The fourth-order valence-corrected chi connectivity index (χ4v) is 4.75. The molecule has 0 radical (unpaired) electrons. The van der Waals surface area contributed by atoms with Crippen molar-refractivity contribution in [1.82, 2.24) is 24.8 Å². The van der Waals surface area contributed by atoms with Gasteiger partial charge in [-0.2, -0.15) is 0 Å². The Labute approximate surface area is 199 Å². The lowest BCUT2D eigenvalue weighted by Crippen LogP contribution is -2.36. The molecule has 1 saturated carbocycles. The zero-order valence-electron chi connectivity index (χ0n) is 19.5. The Morgan fingerprint density at radius 2 is 2.12 bits per heavy atom. The van der Waals surface area contributed by atoms with Crippen molar-refractivity contribution in [2.75, 3.05) is 30.3 Å². The van der Waals surface area contributed by atoms with Crippen LogP contribution in [0.1, 0.15) is 49.8 Å². The number of carbonyl (C=O) groups is 1. The number of nitrogens with zero attached hydrogens (tertiary/aromatic N) is 4. The molecular formula is C25H33N7O2. The third-order valence-corrected chi connectivity index (χ3v) is 6.81. The molecule has 1 aliphatic heterocycles. The van der Waals surface area contributed by atoms with Gasteiger partial charge in [-0.05, 0) is 75.6 Å². The normalized spacial score (nSPS) is 16.3. The Morgan fingerprint density at radius 3 is 2.97 bits per heavy atom. The van der Waals surface area contributed by atoms with E-state index in [1.165, 1.54) is 31.2 Å². The van der Waals surface area contributed by atoms with E-state index in [2.05, 4.69) is 42.6 Å². The number of aryl methyl sites for hydroxylation is 2. The van der Waals surface area contributed by atoms with Crippen LogP contribution in [-0.2, 0) is 17.6 Å². The van der Waals surface area contributed by atoms with E-state index in [4.69, 9.17) is 4.98 Å². The summed E-state index contributed by atoms with van der Waals surface area (Å²) in [5.74, 6) is 0.768. The minimum Gasteiger partial charge on any atom is -0.480 e. The van der Waals surface area contributed by atoms with Crippen molar-refractivity contribution in [3.05, 3.63) is 42.0 Å².